The predicted molar refractivity (Wildman–Crippen MR) is 68.6 cm³/mol. The van der Waals surface area contributed by atoms with Gasteiger partial charge in [0.1, 0.15) is 11.5 Å². The zero-order valence-electron chi connectivity index (χ0n) is 10.1. The molecule has 0 spiro atoms. The van der Waals surface area contributed by atoms with Crippen LogP contribution in [0.3, 0.4) is 0 Å². The molecule has 0 heterocycles. The van der Waals surface area contributed by atoms with E-state index in [-0.39, 0.29) is 22.6 Å². The molecule has 2 rings (SSSR count). The van der Waals surface area contributed by atoms with E-state index in [9.17, 15) is 19.8 Å². The molecule has 0 saturated heterocycles. The van der Waals surface area contributed by atoms with E-state index in [2.05, 4.69) is 5.32 Å². The summed E-state index contributed by atoms with van der Waals surface area (Å²) >= 11 is 0. The van der Waals surface area contributed by atoms with Crippen molar-refractivity contribution >= 4 is 11.8 Å². The third-order valence-electron chi connectivity index (χ3n) is 2.76. The molecular formula is C14H13NO4. The van der Waals surface area contributed by atoms with Gasteiger partial charge in [-0.05, 0) is 18.6 Å². The number of carbonyl (C=O) groups excluding carboxylic acids is 2. The van der Waals surface area contributed by atoms with Crippen LogP contribution in [0.1, 0.15) is 23.2 Å². The Morgan fingerprint density at radius 3 is 2.53 bits per heavy atom. The number of hydrogen-bond donors (Lipinski definition) is 3. The third kappa shape index (κ3) is 2.82. The Bertz CT molecular complexity index is 587. The Hall–Kier alpha value is -2.56. The molecule has 1 aromatic rings. The summed E-state index contributed by atoms with van der Waals surface area (Å²) in [5.41, 5.74) is 0.0887. The highest BCUT2D eigenvalue weighted by atomic mass is 16.3. The number of para-hydroxylation sites is 1. The molecule has 5 nitrogen and oxygen atoms in total. The smallest absolute Gasteiger partial charge is 0.261 e. The predicted octanol–water partition coefficient (Wildman–Crippen LogP) is 1.81. The molecular weight excluding hydrogens is 246 g/mol. The second-order valence-corrected chi connectivity index (χ2v) is 4.10. The fourth-order valence-corrected chi connectivity index (χ4v) is 1.76. The maximum atomic E-state index is 11.8. The zero-order valence-corrected chi connectivity index (χ0v) is 10.1. The Kier molecular flexibility index (Phi) is 3.66. The minimum atomic E-state index is -0.706. The van der Waals surface area contributed by atoms with Crippen LogP contribution in [0.5, 0.6) is 5.75 Å². The van der Waals surface area contributed by atoms with Gasteiger partial charge in [0.15, 0.2) is 0 Å². The van der Waals surface area contributed by atoms with Gasteiger partial charge in [-0.1, -0.05) is 24.3 Å². The van der Waals surface area contributed by atoms with Crippen molar-refractivity contribution in [3.63, 3.8) is 0 Å². The molecule has 1 aromatic carbocycles. The van der Waals surface area contributed by atoms with Crippen LogP contribution in [0.2, 0.25) is 0 Å². The van der Waals surface area contributed by atoms with Gasteiger partial charge in [-0.3, -0.25) is 14.9 Å². The van der Waals surface area contributed by atoms with Crippen LogP contribution >= 0.6 is 0 Å². The molecule has 0 unspecified atom stereocenters. The van der Waals surface area contributed by atoms with Crippen molar-refractivity contribution in [3.05, 3.63) is 53.3 Å². The number of imide groups is 1. The molecule has 1 aliphatic carbocycles. The summed E-state index contributed by atoms with van der Waals surface area (Å²) in [5, 5.41) is 21.2. The number of benzene rings is 1. The van der Waals surface area contributed by atoms with E-state index in [0.29, 0.717) is 12.8 Å². The number of nitrogens with one attached hydrogen (secondary N) is 1. The lowest BCUT2D eigenvalue weighted by atomic mass is 10.0. The van der Waals surface area contributed by atoms with Gasteiger partial charge < -0.3 is 10.2 Å². The van der Waals surface area contributed by atoms with Gasteiger partial charge in [0.05, 0.1) is 11.1 Å². The number of carbonyl (C=O) groups is 2. The van der Waals surface area contributed by atoms with E-state index in [4.69, 9.17) is 0 Å². The van der Waals surface area contributed by atoms with E-state index in [1.54, 1.807) is 18.2 Å². The maximum Gasteiger partial charge on any atom is 0.261 e. The molecule has 98 valence electrons. The first-order chi connectivity index (χ1) is 9.09. The van der Waals surface area contributed by atoms with Gasteiger partial charge in [-0.25, -0.2) is 0 Å². The summed E-state index contributed by atoms with van der Waals surface area (Å²) in [7, 11) is 0. The van der Waals surface area contributed by atoms with Crippen molar-refractivity contribution in [2.45, 2.75) is 12.8 Å². The number of hydrogen-bond acceptors (Lipinski definition) is 4. The first-order valence-electron chi connectivity index (χ1n) is 5.82. The number of aliphatic hydroxyl groups excluding tert-OH is 1. The summed E-state index contributed by atoms with van der Waals surface area (Å²) < 4.78 is 0. The lowest BCUT2D eigenvalue weighted by Crippen LogP contribution is -2.32. The Balaban J connectivity index is 2.14. The first-order valence-corrected chi connectivity index (χ1v) is 5.82. The van der Waals surface area contributed by atoms with Gasteiger partial charge in [-0.15, -0.1) is 0 Å². The number of phenols is 1. The molecule has 0 fully saturated rings. The van der Waals surface area contributed by atoms with Gasteiger partial charge in [0.2, 0.25) is 0 Å². The summed E-state index contributed by atoms with van der Waals surface area (Å²) in [6, 6.07) is 5.92. The van der Waals surface area contributed by atoms with Crippen LogP contribution in [-0.2, 0) is 4.79 Å². The second-order valence-electron chi connectivity index (χ2n) is 4.10. The highest BCUT2D eigenvalue weighted by Crippen LogP contribution is 2.18. The van der Waals surface area contributed by atoms with Crippen molar-refractivity contribution in [2.75, 3.05) is 0 Å². The number of aromatic hydroxyl groups is 1. The van der Waals surface area contributed by atoms with Crippen LogP contribution in [-0.4, -0.2) is 22.0 Å². The van der Waals surface area contributed by atoms with E-state index >= 15 is 0 Å². The summed E-state index contributed by atoms with van der Waals surface area (Å²) in [6.45, 7) is 0. The van der Waals surface area contributed by atoms with Crippen molar-refractivity contribution < 1.29 is 19.8 Å². The van der Waals surface area contributed by atoms with Gasteiger partial charge >= 0.3 is 0 Å². The minimum Gasteiger partial charge on any atom is -0.511 e. The number of rotatable bonds is 2. The van der Waals surface area contributed by atoms with Crippen LogP contribution in [0.15, 0.2) is 47.7 Å². The molecule has 2 amide bonds. The molecule has 3 N–H and O–H groups in total. The zero-order chi connectivity index (χ0) is 13.8. The van der Waals surface area contributed by atoms with Gasteiger partial charge in [0.25, 0.3) is 11.8 Å². The van der Waals surface area contributed by atoms with E-state index in [1.807, 2.05) is 0 Å². The standard InChI is InChI=1S/C14H13NO4/c16-11-7-3-1-5-9(11)13(18)15-14(19)10-6-2-4-8-12(10)17/h1-3,5-7,16-17H,4,8H2,(H,15,18,19). The lowest BCUT2D eigenvalue weighted by molar-refractivity contribution is -0.116. The molecule has 0 radical (unpaired) electrons. The Morgan fingerprint density at radius 2 is 1.84 bits per heavy atom. The molecule has 19 heavy (non-hydrogen) atoms. The molecule has 0 saturated carbocycles. The fraction of sp³-hybridized carbons (Fsp3) is 0.143. The molecule has 0 bridgehead atoms. The lowest BCUT2D eigenvalue weighted by Gasteiger charge is -2.11. The SMILES string of the molecule is O=C(NC(=O)c1ccccc1O)C1=C(O)CCC=C1. The number of aliphatic hydroxyl groups is 1. The fourth-order valence-electron chi connectivity index (χ4n) is 1.76. The highest BCUT2D eigenvalue weighted by molar-refractivity contribution is 6.12. The molecule has 0 aliphatic heterocycles. The number of phenolic OH excluding ortho intramolecular Hbond substituents is 1. The Labute approximate surface area is 109 Å². The van der Waals surface area contributed by atoms with Crippen molar-refractivity contribution in [1.82, 2.24) is 5.32 Å². The summed E-state index contributed by atoms with van der Waals surface area (Å²) in [4.78, 5) is 23.6. The van der Waals surface area contributed by atoms with Crippen LogP contribution in [0.25, 0.3) is 0 Å². The maximum absolute atomic E-state index is 11.8. The minimum absolute atomic E-state index is 0.00993. The normalized spacial score (nSPS) is 14.3. The largest absolute Gasteiger partial charge is 0.511 e. The molecule has 0 atom stereocenters. The second kappa shape index (κ2) is 5.39. The quantitative estimate of drug-likeness (QED) is 0.707. The van der Waals surface area contributed by atoms with Gasteiger partial charge in [-0.2, -0.15) is 0 Å². The van der Waals surface area contributed by atoms with E-state index < -0.39 is 11.8 Å². The van der Waals surface area contributed by atoms with Crippen molar-refractivity contribution in [3.8, 4) is 5.75 Å². The van der Waals surface area contributed by atoms with Gasteiger partial charge in [0, 0.05) is 6.42 Å². The number of amides is 2. The average Bonchev–Trinajstić information content (AvgIpc) is 2.39. The summed E-state index contributed by atoms with van der Waals surface area (Å²) in [5.74, 6) is -1.63. The van der Waals surface area contributed by atoms with Crippen molar-refractivity contribution in [2.24, 2.45) is 0 Å². The van der Waals surface area contributed by atoms with Crippen LogP contribution < -0.4 is 5.32 Å². The Morgan fingerprint density at radius 1 is 1.11 bits per heavy atom. The van der Waals surface area contributed by atoms with Crippen LogP contribution in [0, 0.1) is 0 Å². The first kappa shape index (κ1) is 12.9. The van der Waals surface area contributed by atoms with Crippen LogP contribution in [0.4, 0.5) is 0 Å². The van der Waals surface area contributed by atoms with E-state index in [0.717, 1.165) is 0 Å². The third-order valence-corrected chi connectivity index (χ3v) is 2.76. The number of allylic oxidation sites excluding steroid dienone is 2. The van der Waals surface area contributed by atoms with Crippen molar-refractivity contribution in [1.29, 1.82) is 0 Å². The monoisotopic (exact) mass is 259 g/mol. The molecule has 0 aromatic heterocycles. The molecule has 5 heteroatoms. The summed E-state index contributed by atoms with van der Waals surface area (Å²) in [6.07, 6.45) is 4.27. The molecule has 1 aliphatic rings. The average molecular weight is 259 g/mol. The van der Waals surface area contributed by atoms with E-state index in [1.165, 1.54) is 18.2 Å². The topological polar surface area (TPSA) is 86.6 Å². The highest BCUT2D eigenvalue weighted by Gasteiger charge is 2.19.